The Hall–Kier alpha value is -2.30. The lowest BCUT2D eigenvalue weighted by atomic mass is 10.0. The second kappa shape index (κ2) is 8.59. The van der Waals surface area contributed by atoms with Crippen molar-refractivity contribution in [3.05, 3.63) is 63.9 Å². The van der Waals surface area contributed by atoms with Crippen molar-refractivity contribution in [3.63, 3.8) is 0 Å². The van der Waals surface area contributed by atoms with E-state index in [9.17, 15) is 9.90 Å². The highest BCUT2D eigenvalue weighted by Crippen LogP contribution is 2.38. The molecule has 0 bridgehead atoms. The maximum Gasteiger partial charge on any atom is 0.231 e. The van der Waals surface area contributed by atoms with Gasteiger partial charge in [-0.3, -0.25) is 4.79 Å². The van der Waals surface area contributed by atoms with Crippen molar-refractivity contribution in [2.24, 2.45) is 0 Å². The van der Waals surface area contributed by atoms with Gasteiger partial charge in [-0.1, -0.05) is 49.4 Å². The standard InChI is InChI=1S/C22H24ClNO3/c1-3-10-24(11-4-2)14-18-19(25)9-8-17-21(26)20(27-22(17)18)13-15-6-5-7-16(23)12-15/h5-9,12-13,25H,3-4,10-11,14H2,1-2H3/b20-13-. The largest absolute Gasteiger partial charge is 0.872 e. The van der Waals surface area contributed by atoms with Crippen LogP contribution < -0.4 is 14.7 Å². The highest BCUT2D eigenvalue weighted by Gasteiger charge is 2.30. The van der Waals surface area contributed by atoms with Crippen LogP contribution in [0.25, 0.3) is 6.08 Å². The molecule has 0 amide bonds. The average Bonchev–Trinajstić information content (AvgIpc) is 2.94. The average molecular weight is 386 g/mol. The zero-order valence-electron chi connectivity index (χ0n) is 15.7. The van der Waals surface area contributed by atoms with Gasteiger partial charge in [-0.15, -0.1) is 0 Å². The highest BCUT2D eigenvalue weighted by molar-refractivity contribution is 6.30. The van der Waals surface area contributed by atoms with E-state index in [2.05, 4.69) is 13.8 Å². The maximum absolute atomic E-state index is 12.8. The van der Waals surface area contributed by atoms with Crippen molar-refractivity contribution in [1.29, 1.82) is 0 Å². The summed E-state index contributed by atoms with van der Waals surface area (Å²) >= 11 is 6.02. The van der Waals surface area contributed by atoms with Crippen LogP contribution in [-0.2, 0) is 6.54 Å². The lowest BCUT2D eigenvalue weighted by molar-refractivity contribution is -0.914. The monoisotopic (exact) mass is 385 g/mol. The summed E-state index contributed by atoms with van der Waals surface area (Å²) in [4.78, 5) is 14.1. The van der Waals surface area contributed by atoms with Crippen molar-refractivity contribution >= 4 is 23.5 Å². The molecule has 0 fully saturated rings. The summed E-state index contributed by atoms with van der Waals surface area (Å²) in [7, 11) is 0. The third kappa shape index (κ3) is 4.34. The molecule has 0 radical (unpaired) electrons. The molecule has 2 aromatic rings. The molecule has 1 heterocycles. The Labute approximate surface area is 165 Å². The van der Waals surface area contributed by atoms with E-state index in [1.54, 1.807) is 24.3 Å². The molecule has 142 valence electrons. The molecule has 5 heteroatoms. The van der Waals surface area contributed by atoms with Gasteiger partial charge in [0.2, 0.25) is 5.78 Å². The molecule has 4 nitrogen and oxygen atoms in total. The lowest BCUT2D eigenvalue weighted by Gasteiger charge is -2.23. The number of fused-ring (bicyclic) bond motifs is 1. The first kappa shape index (κ1) is 19.5. The van der Waals surface area contributed by atoms with E-state index < -0.39 is 0 Å². The van der Waals surface area contributed by atoms with E-state index in [-0.39, 0.29) is 17.3 Å². The molecular weight excluding hydrogens is 362 g/mol. The predicted octanol–water partition coefficient (Wildman–Crippen LogP) is 3.23. The number of Topliss-reactive ketones (excluding diaryl/α,β-unsaturated/α-hetero) is 1. The number of rotatable bonds is 7. The molecule has 1 aliphatic rings. The van der Waals surface area contributed by atoms with E-state index >= 15 is 0 Å². The van der Waals surface area contributed by atoms with E-state index in [1.165, 1.54) is 11.0 Å². The number of hydrogen-bond acceptors (Lipinski definition) is 3. The summed E-state index contributed by atoms with van der Waals surface area (Å²) in [6, 6.07) is 10.3. The third-order valence-corrected chi connectivity index (χ3v) is 4.91. The van der Waals surface area contributed by atoms with E-state index in [4.69, 9.17) is 16.3 Å². The first-order chi connectivity index (χ1) is 13.0. The summed E-state index contributed by atoms with van der Waals surface area (Å²) in [5.74, 6) is 0.381. The van der Waals surface area contributed by atoms with E-state index in [0.29, 0.717) is 28.4 Å². The van der Waals surface area contributed by atoms with Crippen molar-refractivity contribution in [2.75, 3.05) is 13.1 Å². The van der Waals surface area contributed by atoms with Crippen molar-refractivity contribution in [3.8, 4) is 11.5 Å². The van der Waals surface area contributed by atoms with Gasteiger partial charge in [0.1, 0.15) is 12.3 Å². The molecule has 0 saturated heterocycles. The van der Waals surface area contributed by atoms with Gasteiger partial charge in [-0.2, -0.15) is 0 Å². The smallest absolute Gasteiger partial charge is 0.231 e. The van der Waals surface area contributed by atoms with E-state index in [1.807, 2.05) is 12.1 Å². The van der Waals surface area contributed by atoms with Crippen LogP contribution in [0.4, 0.5) is 0 Å². The Morgan fingerprint density at radius 1 is 1.15 bits per heavy atom. The number of halogens is 1. The number of ether oxygens (including phenoxy) is 1. The molecule has 0 aliphatic carbocycles. The van der Waals surface area contributed by atoms with Crippen LogP contribution in [-0.4, -0.2) is 18.9 Å². The van der Waals surface area contributed by atoms with Crippen molar-refractivity contribution in [1.82, 2.24) is 0 Å². The van der Waals surface area contributed by atoms with Gasteiger partial charge in [0.05, 0.1) is 18.7 Å². The number of quaternary nitrogens is 1. The van der Waals surface area contributed by atoms with Gasteiger partial charge in [0.15, 0.2) is 5.76 Å². The zero-order chi connectivity index (χ0) is 19.4. The van der Waals surface area contributed by atoms with Gasteiger partial charge in [0, 0.05) is 10.6 Å². The quantitative estimate of drug-likeness (QED) is 0.744. The van der Waals surface area contributed by atoms with E-state index in [0.717, 1.165) is 31.5 Å². The summed E-state index contributed by atoms with van der Waals surface area (Å²) in [5.41, 5.74) is 1.84. The number of benzene rings is 2. The molecule has 0 atom stereocenters. The van der Waals surface area contributed by atoms with Gasteiger partial charge in [-0.25, -0.2) is 0 Å². The predicted molar refractivity (Wildman–Crippen MR) is 105 cm³/mol. The molecule has 0 unspecified atom stereocenters. The lowest BCUT2D eigenvalue weighted by Crippen LogP contribution is -3.10. The van der Waals surface area contributed by atoms with Crippen molar-refractivity contribution in [2.45, 2.75) is 33.2 Å². The van der Waals surface area contributed by atoms with Crippen LogP contribution in [0.2, 0.25) is 5.02 Å². The number of carbonyl (C=O) groups is 1. The number of nitrogens with one attached hydrogen (secondary N) is 1. The minimum Gasteiger partial charge on any atom is -0.872 e. The fourth-order valence-electron chi connectivity index (χ4n) is 3.46. The van der Waals surface area contributed by atoms with Crippen molar-refractivity contribution < 1.29 is 19.5 Å². The highest BCUT2D eigenvalue weighted by atomic mass is 35.5. The van der Waals surface area contributed by atoms with Gasteiger partial charge in [-0.05, 0) is 42.7 Å². The fourth-order valence-corrected chi connectivity index (χ4v) is 3.66. The maximum atomic E-state index is 12.8. The van der Waals surface area contributed by atoms with Crippen LogP contribution in [0.1, 0.15) is 48.2 Å². The molecule has 1 N–H and O–H groups in total. The van der Waals surface area contributed by atoms with Crippen LogP contribution in [0.15, 0.2) is 42.2 Å². The Balaban J connectivity index is 1.93. The number of allylic oxidation sites excluding steroid dienone is 1. The molecule has 2 aromatic carbocycles. The molecule has 1 aliphatic heterocycles. The van der Waals surface area contributed by atoms with Crippen LogP contribution in [0.5, 0.6) is 11.5 Å². The summed E-state index contributed by atoms with van der Waals surface area (Å²) < 4.78 is 5.89. The minimum atomic E-state index is -0.196. The topological polar surface area (TPSA) is 53.8 Å². The SMILES string of the molecule is CCC[NH+](CCC)Cc1c([O-])ccc2c1O/C(=C\c1cccc(Cl)c1)C2=O. The van der Waals surface area contributed by atoms with Crippen LogP contribution in [0.3, 0.4) is 0 Å². The molecule has 0 aromatic heterocycles. The third-order valence-electron chi connectivity index (χ3n) is 4.68. The summed E-state index contributed by atoms with van der Waals surface area (Å²) in [6.07, 6.45) is 3.75. The Morgan fingerprint density at radius 2 is 1.89 bits per heavy atom. The Kier molecular flexibility index (Phi) is 6.19. The second-order valence-electron chi connectivity index (χ2n) is 6.84. The molecule has 0 saturated carbocycles. The molecule has 27 heavy (non-hydrogen) atoms. The van der Waals surface area contributed by atoms with Crippen LogP contribution >= 0.6 is 11.6 Å². The molecule has 0 spiro atoms. The molecule has 3 rings (SSSR count). The summed E-state index contributed by atoms with van der Waals surface area (Å²) in [5, 5.41) is 13.1. The second-order valence-corrected chi connectivity index (χ2v) is 7.28. The van der Waals surface area contributed by atoms with Gasteiger partial charge in [0.25, 0.3) is 0 Å². The zero-order valence-corrected chi connectivity index (χ0v) is 16.4. The van der Waals surface area contributed by atoms with Crippen LogP contribution in [0, 0.1) is 0 Å². The number of carbonyl (C=O) groups excluding carboxylic acids is 1. The number of ketones is 1. The Morgan fingerprint density at radius 3 is 2.56 bits per heavy atom. The normalized spacial score (nSPS) is 14.7. The van der Waals surface area contributed by atoms with Gasteiger partial charge < -0.3 is 14.7 Å². The van der Waals surface area contributed by atoms with Gasteiger partial charge >= 0.3 is 0 Å². The Bertz CT molecular complexity index is 870. The number of hydrogen-bond donors (Lipinski definition) is 1. The first-order valence-electron chi connectivity index (χ1n) is 9.39. The first-order valence-corrected chi connectivity index (χ1v) is 9.77. The fraction of sp³-hybridized carbons (Fsp3) is 0.318. The minimum absolute atomic E-state index is 0.0738. The molecular formula is C22H24ClNO3. The summed E-state index contributed by atoms with van der Waals surface area (Å²) in [6.45, 7) is 6.80.